The summed E-state index contributed by atoms with van der Waals surface area (Å²) < 4.78 is 24.9. The molecule has 6 nitrogen and oxygen atoms in total. The molecule has 2 rings (SSSR count). The van der Waals surface area contributed by atoms with Crippen LogP contribution in [0, 0.1) is 0 Å². The highest BCUT2D eigenvalue weighted by molar-refractivity contribution is 7.90. The molecule has 0 aromatic carbocycles. The van der Waals surface area contributed by atoms with Crippen LogP contribution in [0.3, 0.4) is 0 Å². The Morgan fingerprint density at radius 1 is 1.40 bits per heavy atom. The molecule has 0 radical (unpaired) electrons. The Morgan fingerprint density at radius 3 is 2.60 bits per heavy atom. The standard InChI is InChI=1S/C8H14N2O4S/c11-8(12)7-5-9-3-4-10(7)15(13,14)6-1-2-6/h6-7,9H,1-5H2,(H,11,12). The van der Waals surface area contributed by atoms with Gasteiger partial charge in [0.2, 0.25) is 10.0 Å². The molecule has 1 aliphatic heterocycles. The number of nitrogens with one attached hydrogen (secondary N) is 1. The summed E-state index contributed by atoms with van der Waals surface area (Å²) in [6.07, 6.45) is 1.33. The molecule has 15 heavy (non-hydrogen) atoms. The summed E-state index contributed by atoms with van der Waals surface area (Å²) >= 11 is 0. The zero-order valence-electron chi connectivity index (χ0n) is 8.22. The van der Waals surface area contributed by atoms with Crippen LogP contribution in [-0.2, 0) is 14.8 Å². The number of rotatable bonds is 3. The van der Waals surface area contributed by atoms with Crippen molar-refractivity contribution in [2.45, 2.75) is 24.1 Å². The van der Waals surface area contributed by atoms with Gasteiger partial charge in [-0.25, -0.2) is 8.42 Å². The van der Waals surface area contributed by atoms with E-state index >= 15 is 0 Å². The van der Waals surface area contributed by atoms with Crippen LogP contribution in [0.1, 0.15) is 12.8 Å². The second-order valence-electron chi connectivity index (χ2n) is 3.91. The Bertz CT molecular complexity index is 363. The number of aliphatic carboxylic acids is 1. The molecule has 1 aliphatic carbocycles. The number of carboxylic acid groups (broad SMARTS) is 1. The largest absolute Gasteiger partial charge is 0.480 e. The van der Waals surface area contributed by atoms with Gasteiger partial charge < -0.3 is 10.4 Å². The normalized spacial score (nSPS) is 28.9. The summed E-state index contributed by atoms with van der Waals surface area (Å²) in [6.45, 7) is 0.979. The van der Waals surface area contributed by atoms with Gasteiger partial charge in [0.1, 0.15) is 6.04 Å². The Hall–Kier alpha value is -0.660. The number of hydrogen-bond acceptors (Lipinski definition) is 4. The molecular formula is C8H14N2O4S. The molecular weight excluding hydrogens is 220 g/mol. The van der Waals surface area contributed by atoms with E-state index in [2.05, 4.69) is 5.32 Å². The fourth-order valence-electron chi connectivity index (χ4n) is 1.76. The maximum atomic E-state index is 11.9. The van der Waals surface area contributed by atoms with Gasteiger partial charge in [-0.15, -0.1) is 0 Å². The van der Waals surface area contributed by atoms with E-state index in [4.69, 9.17) is 5.11 Å². The molecule has 0 amide bonds. The highest BCUT2D eigenvalue weighted by Crippen LogP contribution is 2.32. The Labute approximate surface area is 88.3 Å². The first kappa shape index (κ1) is 10.8. The Balaban J connectivity index is 2.20. The van der Waals surface area contributed by atoms with Gasteiger partial charge in [-0.05, 0) is 12.8 Å². The third-order valence-corrected chi connectivity index (χ3v) is 5.16. The number of piperazine rings is 1. The van der Waals surface area contributed by atoms with Crippen LogP contribution < -0.4 is 5.32 Å². The molecule has 7 heteroatoms. The predicted octanol–water partition coefficient (Wildman–Crippen LogP) is -1.16. The number of carboxylic acids is 1. The van der Waals surface area contributed by atoms with E-state index < -0.39 is 22.0 Å². The van der Waals surface area contributed by atoms with Gasteiger partial charge in [0, 0.05) is 19.6 Å². The highest BCUT2D eigenvalue weighted by atomic mass is 32.2. The maximum absolute atomic E-state index is 11.9. The van der Waals surface area contributed by atoms with Crippen molar-refractivity contribution in [3.05, 3.63) is 0 Å². The van der Waals surface area contributed by atoms with Gasteiger partial charge in [0.15, 0.2) is 0 Å². The van der Waals surface area contributed by atoms with Gasteiger partial charge in [0.05, 0.1) is 5.25 Å². The molecule has 2 fully saturated rings. The number of nitrogens with zero attached hydrogens (tertiary/aromatic N) is 1. The van der Waals surface area contributed by atoms with E-state index in [0.717, 1.165) is 4.31 Å². The van der Waals surface area contributed by atoms with E-state index in [9.17, 15) is 13.2 Å². The van der Waals surface area contributed by atoms with Gasteiger partial charge in [-0.3, -0.25) is 4.79 Å². The van der Waals surface area contributed by atoms with E-state index in [0.29, 0.717) is 19.4 Å². The lowest BCUT2D eigenvalue weighted by Crippen LogP contribution is -2.57. The minimum absolute atomic E-state index is 0.196. The predicted molar refractivity (Wildman–Crippen MR) is 52.9 cm³/mol. The van der Waals surface area contributed by atoms with Crippen LogP contribution in [-0.4, -0.2) is 54.7 Å². The quantitative estimate of drug-likeness (QED) is 0.643. The molecule has 1 heterocycles. The molecule has 86 valence electrons. The van der Waals surface area contributed by atoms with Crippen molar-refractivity contribution in [1.29, 1.82) is 0 Å². The third-order valence-electron chi connectivity index (χ3n) is 2.75. The first-order valence-electron chi connectivity index (χ1n) is 4.97. The minimum Gasteiger partial charge on any atom is -0.480 e. The van der Waals surface area contributed by atoms with Gasteiger partial charge in [-0.1, -0.05) is 0 Å². The van der Waals surface area contributed by atoms with Gasteiger partial charge in [0.25, 0.3) is 0 Å². The fraction of sp³-hybridized carbons (Fsp3) is 0.875. The van der Waals surface area contributed by atoms with Crippen LogP contribution in [0.4, 0.5) is 0 Å². The first-order chi connectivity index (χ1) is 7.03. The average Bonchev–Trinajstić information content (AvgIpc) is 3.01. The van der Waals surface area contributed by atoms with E-state index in [1.807, 2.05) is 0 Å². The Morgan fingerprint density at radius 2 is 2.07 bits per heavy atom. The lowest BCUT2D eigenvalue weighted by atomic mass is 10.2. The van der Waals surface area contributed by atoms with Crippen molar-refractivity contribution < 1.29 is 18.3 Å². The maximum Gasteiger partial charge on any atom is 0.323 e. The molecule has 1 unspecified atom stereocenters. The van der Waals surface area contributed by atoms with Crippen LogP contribution in [0.25, 0.3) is 0 Å². The molecule has 2 N–H and O–H groups in total. The summed E-state index contributed by atoms with van der Waals surface area (Å²) in [5.41, 5.74) is 0. The van der Waals surface area contributed by atoms with Crippen molar-refractivity contribution in [2.75, 3.05) is 19.6 Å². The smallest absolute Gasteiger partial charge is 0.323 e. The van der Waals surface area contributed by atoms with Crippen LogP contribution in [0.15, 0.2) is 0 Å². The van der Waals surface area contributed by atoms with Crippen molar-refractivity contribution >= 4 is 16.0 Å². The summed E-state index contributed by atoms with van der Waals surface area (Å²) in [4.78, 5) is 10.9. The second-order valence-corrected chi connectivity index (χ2v) is 6.08. The average molecular weight is 234 g/mol. The number of carbonyl (C=O) groups is 1. The summed E-state index contributed by atoms with van der Waals surface area (Å²) in [5, 5.41) is 11.5. The third kappa shape index (κ3) is 1.99. The van der Waals surface area contributed by atoms with E-state index in [1.165, 1.54) is 0 Å². The topological polar surface area (TPSA) is 86.7 Å². The lowest BCUT2D eigenvalue weighted by Gasteiger charge is -2.32. The molecule has 1 saturated heterocycles. The van der Waals surface area contributed by atoms with Crippen LogP contribution in [0.5, 0.6) is 0 Å². The second kappa shape index (κ2) is 3.73. The monoisotopic (exact) mass is 234 g/mol. The van der Waals surface area contributed by atoms with Crippen LogP contribution in [0.2, 0.25) is 0 Å². The zero-order valence-corrected chi connectivity index (χ0v) is 9.03. The van der Waals surface area contributed by atoms with E-state index in [-0.39, 0.29) is 18.3 Å². The summed E-state index contributed by atoms with van der Waals surface area (Å²) in [6, 6.07) is -0.940. The summed E-state index contributed by atoms with van der Waals surface area (Å²) in [5.74, 6) is -1.08. The van der Waals surface area contributed by atoms with Gasteiger partial charge >= 0.3 is 5.97 Å². The molecule has 2 aliphatic rings. The molecule has 0 bridgehead atoms. The molecule has 0 aromatic rings. The van der Waals surface area contributed by atoms with E-state index in [1.54, 1.807) is 0 Å². The lowest BCUT2D eigenvalue weighted by molar-refractivity contribution is -0.141. The SMILES string of the molecule is O=C(O)C1CNCCN1S(=O)(=O)C1CC1. The molecule has 0 spiro atoms. The van der Waals surface area contributed by atoms with Crippen LogP contribution >= 0.6 is 0 Å². The van der Waals surface area contributed by atoms with Crippen molar-refractivity contribution in [1.82, 2.24) is 9.62 Å². The van der Waals surface area contributed by atoms with Crippen molar-refractivity contribution in [3.63, 3.8) is 0 Å². The van der Waals surface area contributed by atoms with Gasteiger partial charge in [-0.2, -0.15) is 4.31 Å². The van der Waals surface area contributed by atoms with Crippen molar-refractivity contribution in [2.24, 2.45) is 0 Å². The number of sulfonamides is 1. The molecule has 1 atom stereocenters. The minimum atomic E-state index is -3.37. The fourth-order valence-corrected chi connectivity index (χ4v) is 3.74. The molecule has 0 aromatic heterocycles. The number of hydrogen-bond donors (Lipinski definition) is 2. The zero-order chi connectivity index (χ0) is 11.1. The highest BCUT2D eigenvalue weighted by Gasteiger charge is 2.45. The summed E-state index contributed by atoms with van der Waals surface area (Å²) in [7, 11) is -3.37. The molecule has 1 saturated carbocycles. The van der Waals surface area contributed by atoms with Crippen molar-refractivity contribution in [3.8, 4) is 0 Å². The Kier molecular flexibility index (Phi) is 2.70. The first-order valence-corrected chi connectivity index (χ1v) is 6.48.